The summed E-state index contributed by atoms with van der Waals surface area (Å²) in [5.74, 6) is -1.81. The van der Waals surface area contributed by atoms with Crippen LogP contribution in [0, 0.1) is 0 Å². The molecular formula is C18H16N2O5S2. The van der Waals surface area contributed by atoms with Gasteiger partial charge in [-0.3, -0.25) is 14.4 Å². The van der Waals surface area contributed by atoms with Gasteiger partial charge >= 0.3 is 5.97 Å². The highest BCUT2D eigenvalue weighted by Crippen LogP contribution is 2.49. The van der Waals surface area contributed by atoms with Gasteiger partial charge in [-0.1, -0.05) is 35.1 Å². The SMILES string of the molecule is CC(SSc1ccccn1)(C(=O)O)c1ccccc1ON1C(=O)CCC1=O. The average molecular weight is 404 g/mol. The van der Waals surface area contributed by atoms with Crippen LogP contribution in [0.3, 0.4) is 0 Å². The smallest absolute Gasteiger partial charge is 0.325 e. The third kappa shape index (κ3) is 4.09. The molecule has 0 aliphatic carbocycles. The van der Waals surface area contributed by atoms with E-state index in [1.807, 2.05) is 6.07 Å². The second-order valence-electron chi connectivity index (χ2n) is 5.84. The molecule has 1 atom stereocenters. The Hall–Kier alpha value is -2.52. The number of nitrogens with zero attached hydrogens (tertiary/aromatic N) is 2. The molecule has 1 aromatic carbocycles. The topological polar surface area (TPSA) is 96.8 Å². The molecule has 0 spiro atoms. The first kappa shape index (κ1) is 19.2. The number of carbonyl (C=O) groups is 3. The van der Waals surface area contributed by atoms with Crippen molar-refractivity contribution in [3.8, 4) is 5.75 Å². The van der Waals surface area contributed by atoms with E-state index in [2.05, 4.69) is 4.98 Å². The van der Waals surface area contributed by atoms with E-state index in [1.54, 1.807) is 49.5 Å². The number of carboxylic acid groups (broad SMARTS) is 1. The summed E-state index contributed by atoms with van der Waals surface area (Å²) in [6.45, 7) is 1.55. The summed E-state index contributed by atoms with van der Waals surface area (Å²) in [6, 6.07) is 11.9. The first-order chi connectivity index (χ1) is 12.9. The van der Waals surface area contributed by atoms with E-state index in [0.717, 1.165) is 10.8 Å². The highest BCUT2D eigenvalue weighted by molar-refractivity contribution is 8.77. The normalized spacial score (nSPS) is 16.3. The third-order valence-corrected chi connectivity index (χ3v) is 6.92. The minimum Gasteiger partial charge on any atom is -0.480 e. The van der Waals surface area contributed by atoms with Crippen LogP contribution in [-0.4, -0.2) is 32.9 Å². The van der Waals surface area contributed by atoms with Crippen LogP contribution in [0.15, 0.2) is 53.7 Å². The van der Waals surface area contributed by atoms with Crippen LogP contribution in [0.5, 0.6) is 5.75 Å². The molecule has 0 bridgehead atoms. The van der Waals surface area contributed by atoms with E-state index < -0.39 is 22.5 Å². The monoisotopic (exact) mass is 404 g/mol. The van der Waals surface area contributed by atoms with Crippen LogP contribution in [0.25, 0.3) is 0 Å². The molecule has 1 aliphatic rings. The molecule has 1 saturated heterocycles. The molecular weight excluding hydrogens is 388 g/mol. The minimum atomic E-state index is -1.40. The van der Waals surface area contributed by atoms with E-state index in [4.69, 9.17) is 4.84 Å². The number of para-hydroxylation sites is 1. The molecule has 1 aromatic heterocycles. The molecule has 7 nitrogen and oxygen atoms in total. The van der Waals surface area contributed by atoms with Crippen LogP contribution in [0.2, 0.25) is 0 Å². The number of rotatable bonds is 7. The molecule has 9 heteroatoms. The maximum Gasteiger partial charge on any atom is 0.325 e. The summed E-state index contributed by atoms with van der Waals surface area (Å²) in [7, 11) is 2.32. The summed E-state index contributed by atoms with van der Waals surface area (Å²) >= 11 is 0. The van der Waals surface area contributed by atoms with E-state index in [0.29, 0.717) is 15.7 Å². The molecule has 2 aromatic rings. The van der Waals surface area contributed by atoms with Crippen molar-refractivity contribution < 1.29 is 24.3 Å². The Morgan fingerprint density at radius 3 is 2.44 bits per heavy atom. The molecule has 3 rings (SSSR count). The van der Waals surface area contributed by atoms with Crippen LogP contribution in [-0.2, 0) is 19.1 Å². The predicted octanol–water partition coefficient (Wildman–Crippen LogP) is 3.26. The van der Waals surface area contributed by atoms with E-state index >= 15 is 0 Å². The van der Waals surface area contributed by atoms with Crippen LogP contribution >= 0.6 is 21.6 Å². The minimum absolute atomic E-state index is 0.0848. The van der Waals surface area contributed by atoms with Gasteiger partial charge in [0.05, 0.1) is 0 Å². The fourth-order valence-electron chi connectivity index (χ4n) is 2.41. The zero-order chi connectivity index (χ0) is 19.4. The lowest BCUT2D eigenvalue weighted by atomic mass is 9.99. The number of amides is 2. The number of pyridine rings is 1. The molecule has 0 saturated carbocycles. The van der Waals surface area contributed by atoms with Crippen LogP contribution in [0.1, 0.15) is 25.3 Å². The van der Waals surface area contributed by atoms with Crippen LogP contribution < -0.4 is 4.84 Å². The number of carboxylic acids is 1. The number of carbonyl (C=O) groups excluding carboxylic acids is 2. The fourth-order valence-corrected chi connectivity index (χ4v) is 4.77. The maximum atomic E-state index is 12.1. The molecule has 0 radical (unpaired) electrons. The zero-order valence-electron chi connectivity index (χ0n) is 14.3. The van der Waals surface area contributed by atoms with Crippen molar-refractivity contribution in [2.24, 2.45) is 0 Å². The molecule has 140 valence electrons. The van der Waals surface area contributed by atoms with Crippen molar-refractivity contribution in [1.82, 2.24) is 10.0 Å². The highest BCUT2D eigenvalue weighted by Gasteiger charge is 2.41. The van der Waals surface area contributed by atoms with Crippen molar-refractivity contribution >= 4 is 39.4 Å². The fraction of sp³-hybridized carbons (Fsp3) is 0.222. The van der Waals surface area contributed by atoms with Crippen molar-refractivity contribution in [3.63, 3.8) is 0 Å². The quantitative estimate of drug-likeness (QED) is 0.555. The number of hydrogen-bond donors (Lipinski definition) is 1. The number of aliphatic carboxylic acids is 1. The summed E-state index contributed by atoms with van der Waals surface area (Å²) < 4.78 is -1.40. The Morgan fingerprint density at radius 1 is 1.15 bits per heavy atom. The first-order valence-electron chi connectivity index (χ1n) is 8.05. The molecule has 1 fully saturated rings. The van der Waals surface area contributed by atoms with Gasteiger partial charge in [-0.05, 0) is 35.9 Å². The second kappa shape index (κ2) is 8.01. The lowest BCUT2D eigenvalue weighted by Crippen LogP contribution is -2.35. The lowest BCUT2D eigenvalue weighted by molar-refractivity contribution is -0.164. The van der Waals surface area contributed by atoms with Crippen molar-refractivity contribution in [3.05, 3.63) is 54.2 Å². The summed E-state index contributed by atoms with van der Waals surface area (Å²) in [5, 5.41) is 11.3. The van der Waals surface area contributed by atoms with Gasteiger partial charge in [0, 0.05) is 24.6 Å². The summed E-state index contributed by atoms with van der Waals surface area (Å²) in [4.78, 5) is 45.5. The van der Waals surface area contributed by atoms with E-state index in [1.165, 1.54) is 10.8 Å². The Morgan fingerprint density at radius 2 is 1.81 bits per heavy atom. The Bertz CT molecular complexity index is 861. The Balaban J connectivity index is 1.90. The number of benzene rings is 1. The van der Waals surface area contributed by atoms with Gasteiger partial charge in [0.2, 0.25) is 0 Å². The van der Waals surface area contributed by atoms with E-state index in [9.17, 15) is 19.5 Å². The third-order valence-electron chi connectivity index (χ3n) is 3.94. The molecule has 2 amide bonds. The van der Waals surface area contributed by atoms with Crippen molar-refractivity contribution in [2.45, 2.75) is 29.5 Å². The zero-order valence-corrected chi connectivity index (χ0v) is 16.0. The molecule has 2 heterocycles. The van der Waals surface area contributed by atoms with Gasteiger partial charge in [0.25, 0.3) is 11.8 Å². The van der Waals surface area contributed by atoms with Gasteiger partial charge in [0.1, 0.15) is 9.77 Å². The first-order valence-corrected chi connectivity index (χ1v) is 10.2. The molecule has 27 heavy (non-hydrogen) atoms. The Labute approximate surface area is 163 Å². The summed E-state index contributed by atoms with van der Waals surface area (Å²) in [5.41, 5.74) is 0.346. The standard InChI is InChI=1S/C18H16N2O5S2/c1-18(17(23)24,27-26-14-8-4-5-11-19-14)12-6-2-3-7-13(12)25-20-15(21)9-10-16(20)22/h2-8,11H,9-10H2,1H3,(H,23,24). The lowest BCUT2D eigenvalue weighted by Gasteiger charge is -2.27. The second-order valence-corrected chi connectivity index (χ2v) is 8.41. The van der Waals surface area contributed by atoms with Gasteiger partial charge in [-0.2, -0.15) is 0 Å². The Kier molecular flexibility index (Phi) is 5.71. The van der Waals surface area contributed by atoms with Crippen LogP contribution in [0.4, 0.5) is 0 Å². The van der Waals surface area contributed by atoms with Gasteiger partial charge in [-0.25, -0.2) is 4.98 Å². The highest BCUT2D eigenvalue weighted by atomic mass is 33.1. The molecule has 1 unspecified atom stereocenters. The average Bonchev–Trinajstić information content (AvgIpc) is 2.99. The summed E-state index contributed by atoms with van der Waals surface area (Å²) in [6.07, 6.45) is 1.80. The molecule has 1 aliphatic heterocycles. The number of hydrogen-bond acceptors (Lipinski definition) is 7. The maximum absolute atomic E-state index is 12.1. The predicted molar refractivity (Wildman–Crippen MR) is 101 cm³/mol. The molecule has 1 N–H and O–H groups in total. The van der Waals surface area contributed by atoms with Crippen molar-refractivity contribution in [1.29, 1.82) is 0 Å². The number of aromatic nitrogens is 1. The number of hydroxylamine groups is 2. The largest absolute Gasteiger partial charge is 0.480 e. The number of imide groups is 1. The van der Waals surface area contributed by atoms with Gasteiger partial charge < -0.3 is 9.94 Å². The van der Waals surface area contributed by atoms with Crippen molar-refractivity contribution in [2.75, 3.05) is 0 Å². The van der Waals surface area contributed by atoms with E-state index in [-0.39, 0.29) is 18.6 Å². The van der Waals surface area contributed by atoms with Gasteiger partial charge in [0.15, 0.2) is 5.75 Å². The van der Waals surface area contributed by atoms with Gasteiger partial charge in [-0.15, -0.1) is 5.06 Å².